The van der Waals surface area contributed by atoms with Crippen LogP contribution in [0.1, 0.15) is 60.2 Å². The van der Waals surface area contributed by atoms with E-state index in [1.54, 1.807) is 72.7 Å². The number of carbonyl (C=O) groups is 4. The second-order valence-corrected chi connectivity index (χ2v) is 11.7. The van der Waals surface area contributed by atoms with E-state index in [1.165, 1.54) is 0 Å². The lowest BCUT2D eigenvalue weighted by Crippen LogP contribution is -2.57. The molecule has 5 atom stereocenters. The maximum Gasteiger partial charge on any atom is 0.253 e. The Kier molecular flexibility index (Phi) is 8.51. The number of Topliss-reactive ketones (excluding diaryl/α,β-unsaturated/α-hetero) is 1. The highest BCUT2D eigenvalue weighted by atomic mass is 16.5. The minimum Gasteiger partial charge on any atom is -0.378 e. The van der Waals surface area contributed by atoms with Gasteiger partial charge >= 0.3 is 0 Å². The SMILES string of the molecule is COC(CN(C)C(=O)c1ccncc1)CN1[C@@H]2CC[C@H]1CC(NC(=O)C1C(=O)c3ccccc3N(C(C)C)C1=O)C2. The molecule has 3 aliphatic heterocycles. The molecule has 0 radical (unpaired) electrons. The quantitative estimate of drug-likeness (QED) is 0.469. The number of aromatic nitrogens is 1. The van der Waals surface area contributed by atoms with Crippen LogP contribution < -0.4 is 10.2 Å². The van der Waals surface area contributed by atoms with Crippen LogP contribution in [0.25, 0.3) is 0 Å². The molecule has 5 rings (SSSR count). The Bertz CT molecular complexity index is 1290. The summed E-state index contributed by atoms with van der Waals surface area (Å²) in [5.74, 6) is -2.86. The third-order valence-electron chi connectivity index (χ3n) is 8.68. The van der Waals surface area contributed by atoms with Gasteiger partial charge in [-0.25, -0.2) is 0 Å². The first-order valence-electron chi connectivity index (χ1n) is 14.4. The molecule has 2 bridgehead atoms. The third-order valence-corrected chi connectivity index (χ3v) is 8.68. The van der Waals surface area contributed by atoms with Crippen LogP contribution in [0.5, 0.6) is 0 Å². The number of ether oxygens (including phenoxy) is 1. The molecule has 218 valence electrons. The molecule has 2 fully saturated rings. The van der Waals surface area contributed by atoms with Crippen molar-refractivity contribution in [3.8, 4) is 0 Å². The number of methoxy groups -OCH3 is 1. The topological polar surface area (TPSA) is 112 Å². The van der Waals surface area contributed by atoms with E-state index >= 15 is 0 Å². The number of rotatable bonds is 9. The third kappa shape index (κ3) is 5.76. The second kappa shape index (κ2) is 12.1. The van der Waals surface area contributed by atoms with Gasteiger partial charge in [0.25, 0.3) is 5.91 Å². The summed E-state index contributed by atoms with van der Waals surface area (Å²) >= 11 is 0. The van der Waals surface area contributed by atoms with Crippen LogP contribution >= 0.6 is 0 Å². The Morgan fingerprint density at radius 1 is 1.07 bits per heavy atom. The standard InChI is InChI=1S/C31H39N5O5/c1-19(2)36-26-8-6-5-7-25(26)28(37)27(31(36)40)29(38)33-21-15-22-9-10-23(16-21)35(22)18-24(41-4)17-34(3)30(39)20-11-13-32-14-12-20/h5-8,11-14,19,21-24,27H,9-10,15-18H2,1-4H3,(H,33,38)/t21?,22-,23+,24?,27?. The summed E-state index contributed by atoms with van der Waals surface area (Å²) < 4.78 is 5.79. The van der Waals surface area contributed by atoms with Gasteiger partial charge in [0.15, 0.2) is 11.7 Å². The fourth-order valence-corrected chi connectivity index (χ4v) is 6.70. The van der Waals surface area contributed by atoms with Crippen LogP contribution in [-0.4, -0.2) is 95.8 Å². The molecule has 1 N–H and O–H groups in total. The molecule has 2 saturated heterocycles. The van der Waals surface area contributed by atoms with Gasteiger partial charge in [0.2, 0.25) is 11.8 Å². The van der Waals surface area contributed by atoms with E-state index in [0.717, 1.165) is 25.7 Å². The number of anilines is 1. The lowest BCUT2D eigenvalue weighted by Gasteiger charge is -2.41. The highest BCUT2D eigenvalue weighted by Gasteiger charge is 2.47. The van der Waals surface area contributed by atoms with Crippen molar-refractivity contribution < 1.29 is 23.9 Å². The van der Waals surface area contributed by atoms with Gasteiger partial charge in [0.1, 0.15) is 0 Å². The number of likely N-dealkylation sites (N-methyl/N-ethyl adjacent to an activating group) is 1. The Labute approximate surface area is 241 Å². The lowest BCUT2D eigenvalue weighted by molar-refractivity contribution is -0.132. The van der Waals surface area contributed by atoms with Crippen molar-refractivity contribution >= 4 is 29.2 Å². The predicted octanol–water partition coefficient (Wildman–Crippen LogP) is 2.53. The number of ketones is 1. The van der Waals surface area contributed by atoms with Gasteiger partial charge in [-0.2, -0.15) is 0 Å². The highest BCUT2D eigenvalue weighted by Crippen LogP contribution is 2.37. The fourth-order valence-electron chi connectivity index (χ4n) is 6.70. The summed E-state index contributed by atoms with van der Waals surface area (Å²) in [6.07, 6.45) is 6.54. The number of benzene rings is 1. The largest absolute Gasteiger partial charge is 0.378 e. The minimum atomic E-state index is -1.37. The van der Waals surface area contributed by atoms with Gasteiger partial charge in [0.05, 0.1) is 11.8 Å². The number of pyridine rings is 1. The van der Waals surface area contributed by atoms with Crippen molar-refractivity contribution in [3.05, 3.63) is 59.9 Å². The van der Waals surface area contributed by atoms with E-state index in [1.807, 2.05) is 13.8 Å². The number of piperidine rings is 1. The first-order chi connectivity index (χ1) is 19.7. The highest BCUT2D eigenvalue weighted by molar-refractivity contribution is 6.31. The number of para-hydroxylation sites is 1. The molecular formula is C31H39N5O5. The molecule has 0 aliphatic carbocycles. The summed E-state index contributed by atoms with van der Waals surface area (Å²) in [5.41, 5.74) is 1.56. The van der Waals surface area contributed by atoms with Crippen molar-refractivity contribution in [3.63, 3.8) is 0 Å². The van der Waals surface area contributed by atoms with Gasteiger partial charge in [-0.05, 0) is 63.8 Å². The van der Waals surface area contributed by atoms with Crippen LogP contribution in [0.15, 0.2) is 48.8 Å². The van der Waals surface area contributed by atoms with E-state index in [9.17, 15) is 19.2 Å². The Morgan fingerprint density at radius 3 is 2.37 bits per heavy atom. The van der Waals surface area contributed by atoms with E-state index in [4.69, 9.17) is 4.74 Å². The average Bonchev–Trinajstić information content (AvgIpc) is 3.18. The van der Waals surface area contributed by atoms with Gasteiger partial charge in [-0.3, -0.25) is 29.1 Å². The van der Waals surface area contributed by atoms with E-state index < -0.39 is 23.5 Å². The van der Waals surface area contributed by atoms with Crippen LogP contribution in [-0.2, 0) is 14.3 Å². The second-order valence-electron chi connectivity index (χ2n) is 11.7. The van der Waals surface area contributed by atoms with Crippen LogP contribution in [0.3, 0.4) is 0 Å². The number of fused-ring (bicyclic) bond motifs is 3. The molecule has 41 heavy (non-hydrogen) atoms. The molecule has 10 heteroatoms. The molecule has 1 aromatic carbocycles. The normalized spacial score (nSPS) is 24.8. The maximum absolute atomic E-state index is 13.5. The minimum absolute atomic E-state index is 0.0793. The van der Waals surface area contributed by atoms with E-state index in [-0.39, 0.29) is 36.2 Å². The molecule has 4 heterocycles. The summed E-state index contributed by atoms with van der Waals surface area (Å²) in [6.45, 7) is 4.90. The monoisotopic (exact) mass is 561 g/mol. The van der Waals surface area contributed by atoms with Crippen molar-refractivity contribution in [2.45, 2.75) is 69.8 Å². The number of amides is 3. The summed E-state index contributed by atoms with van der Waals surface area (Å²) in [7, 11) is 3.44. The summed E-state index contributed by atoms with van der Waals surface area (Å²) in [5, 5.41) is 3.07. The van der Waals surface area contributed by atoms with E-state index in [0.29, 0.717) is 29.9 Å². The number of carbonyl (C=O) groups excluding carboxylic acids is 4. The van der Waals surface area contributed by atoms with Gasteiger partial charge < -0.3 is 19.9 Å². The first-order valence-corrected chi connectivity index (χ1v) is 14.4. The van der Waals surface area contributed by atoms with Crippen molar-refractivity contribution in [2.75, 3.05) is 32.1 Å². The van der Waals surface area contributed by atoms with Crippen molar-refractivity contribution in [2.24, 2.45) is 5.92 Å². The van der Waals surface area contributed by atoms with Crippen LogP contribution in [0.2, 0.25) is 0 Å². The molecule has 3 unspecified atom stereocenters. The molecule has 2 aromatic rings. The summed E-state index contributed by atoms with van der Waals surface area (Å²) in [4.78, 5) is 62.6. The van der Waals surface area contributed by atoms with E-state index in [2.05, 4.69) is 15.2 Å². The molecule has 10 nitrogen and oxygen atoms in total. The Balaban J connectivity index is 1.21. The zero-order valence-electron chi connectivity index (χ0n) is 24.2. The van der Waals surface area contributed by atoms with Crippen LogP contribution in [0.4, 0.5) is 5.69 Å². The summed E-state index contributed by atoms with van der Waals surface area (Å²) in [6, 6.07) is 10.6. The van der Waals surface area contributed by atoms with Gasteiger partial charge in [-0.1, -0.05) is 12.1 Å². The van der Waals surface area contributed by atoms with Crippen molar-refractivity contribution in [1.29, 1.82) is 0 Å². The van der Waals surface area contributed by atoms with Gasteiger partial charge in [-0.15, -0.1) is 0 Å². The Hall–Kier alpha value is -3.63. The number of hydrogen-bond acceptors (Lipinski definition) is 7. The fraction of sp³-hybridized carbons (Fsp3) is 0.516. The predicted molar refractivity (Wildman–Crippen MR) is 154 cm³/mol. The first kappa shape index (κ1) is 28.9. The molecule has 3 amide bonds. The molecular weight excluding hydrogens is 522 g/mol. The van der Waals surface area contributed by atoms with Crippen LogP contribution in [0, 0.1) is 5.92 Å². The molecule has 1 aromatic heterocycles. The maximum atomic E-state index is 13.5. The number of nitrogens with one attached hydrogen (secondary N) is 1. The molecule has 0 spiro atoms. The molecule has 0 saturated carbocycles. The van der Waals surface area contributed by atoms with Crippen molar-refractivity contribution in [1.82, 2.24) is 20.1 Å². The zero-order chi connectivity index (χ0) is 29.3. The average molecular weight is 562 g/mol. The molecule has 3 aliphatic rings. The smallest absolute Gasteiger partial charge is 0.253 e. The van der Waals surface area contributed by atoms with Gasteiger partial charge in [0, 0.05) is 74.9 Å². The zero-order valence-corrected chi connectivity index (χ0v) is 24.2. The Morgan fingerprint density at radius 2 is 1.73 bits per heavy atom. The number of nitrogens with zero attached hydrogens (tertiary/aromatic N) is 4. The lowest BCUT2D eigenvalue weighted by atomic mass is 9.88. The number of hydrogen-bond donors (Lipinski definition) is 1.